The number of hydrogen-bond acceptors (Lipinski definition) is 5. The third-order valence-corrected chi connectivity index (χ3v) is 7.19. The monoisotopic (exact) mass is 408 g/mol. The van der Waals surface area contributed by atoms with Crippen molar-refractivity contribution in [3.8, 4) is 10.6 Å². The highest BCUT2D eigenvalue weighted by Crippen LogP contribution is 2.30. The second kappa shape index (κ2) is 8.45. The lowest BCUT2D eigenvalue weighted by Gasteiger charge is -2.35. The molecule has 0 bridgehead atoms. The number of amides is 1. The number of carbonyl (C=O) groups excluding carboxylic acids is 1. The Morgan fingerprint density at radius 3 is 2.85 bits per heavy atom. The van der Waals surface area contributed by atoms with Gasteiger partial charge in [0, 0.05) is 17.0 Å². The smallest absolute Gasteiger partial charge is 0.281 e. The minimum atomic E-state index is -0.212. The van der Waals surface area contributed by atoms with Gasteiger partial charge in [0.2, 0.25) is 0 Å². The maximum absolute atomic E-state index is 12.5. The summed E-state index contributed by atoms with van der Waals surface area (Å²) in [5.74, 6) is 1.04. The normalized spacial score (nSPS) is 22.7. The lowest BCUT2D eigenvalue weighted by molar-refractivity contribution is 0.0946. The Labute approximate surface area is 167 Å². The van der Waals surface area contributed by atoms with E-state index < -0.39 is 0 Å². The van der Waals surface area contributed by atoms with Crippen molar-refractivity contribution in [1.29, 1.82) is 0 Å². The van der Waals surface area contributed by atoms with Crippen LogP contribution in [-0.4, -0.2) is 22.0 Å². The molecule has 1 aliphatic carbocycles. The Kier molecular flexibility index (Phi) is 6.26. The van der Waals surface area contributed by atoms with Gasteiger partial charge in [-0.05, 0) is 48.8 Å². The van der Waals surface area contributed by atoms with Crippen LogP contribution in [-0.2, 0) is 0 Å². The van der Waals surface area contributed by atoms with Gasteiger partial charge in [-0.15, -0.1) is 11.3 Å². The fraction of sp³-hybridized carbons (Fsp3) is 0.500. The topological polar surface area (TPSA) is 66.0 Å². The first-order chi connectivity index (χ1) is 12.5. The van der Waals surface area contributed by atoms with Crippen LogP contribution in [0.2, 0.25) is 0 Å². The zero-order valence-corrected chi connectivity index (χ0v) is 17.6. The number of nitrogens with one attached hydrogen (secondary N) is 3. The number of thiophene rings is 1. The van der Waals surface area contributed by atoms with Crippen LogP contribution >= 0.6 is 34.9 Å². The minimum absolute atomic E-state index is 0.212. The molecular weight excluding hydrogens is 384 g/mol. The van der Waals surface area contributed by atoms with Gasteiger partial charge in [0.1, 0.15) is 9.88 Å². The zero-order chi connectivity index (χ0) is 18.7. The number of hydrogen-bond donors (Lipinski definition) is 3. The number of rotatable bonds is 3. The molecule has 2 aromatic rings. The molecule has 0 saturated heterocycles. The molecule has 1 fully saturated rings. The molecule has 3 N–H and O–H groups in total. The van der Waals surface area contributed by atoms with E-state index in [9.17, 15) is 4.79 Å². The summed E-state index contributed by atoms with van der Waals surface area (Å²) in [6.45, 7) is 6.40. The van der Waals surface area contributed by atoms with E-state index in [4.69, 9.17) is 12.2 Å². The third-order valence-electron chi connectivity index (χ3n) is 5.08. The number of carbonyl (C=O) groups is 1. The lowest BCUT2D eigenvalue weighted by Crippen LogP contribution is -2.52. The van der Waals surface area contributed by atoms with E-state index in [1.165, 1.54) is 24.2 Å². The summed E-state index contributed by atoms with van der Waals surface area (Å²) >= 11 is 8.36. The summed E-state index contributed by atoms with van der Waals surface area (Å²) < 4.78 is 0. The average molecular weight is 409 g/mol. The van der Waals surface area contributed by atoms with Crippen LogP contribution < -0.4 is 16.2 Å². The van der Waals surface area contributed by atoms with Crippen LogP contribution in [0.25, 0.3) is 10.6 Å². The summed E-state index contributed by atoms with van der Waals surface area (Å²) in [5, 5.41) is 8.70. The van der Waals surface area contributed by atoms with Crippen molar-refractivity contribution >= 4 is 45.9 Å². The van der Waals surface area contributed by atoms with Crippen molar-refractivity contribution in [3.63, 3.8) is 0 Å². The molecule has 0 aliphatic heterocycles. The van der Waals surface area contributed by atoms with Crippen LogP contribution in [0.3, 0.4) is 0 Å². The predicted molar refractivity (Wildman–Crippen MR) is 112 cm³/mol. The first-order valence-corrected chi connectivity index (χ1v) is 11.0. The molecule has 1 saturated carbocycles. The van der Waals surface area contributed by atoms with E-state index in [1.54, 1.807) is 11.3 Å². The highest BCUT2D eigenvalue weighted by atomic mass is 32.1. The molecule has 1 aliphatic rings. The largest absolute Gasteiger partial charge is 0.358 e. The van der Waals surface area contributed by atoms with E-state index in [-0.39, 0.29) is 5.91 Å². The van der Waals surface area contributed by atoms with E-state index in [2.05, 4.69) is 35.0 Å². The number of nitrogens with zero attached hydrogens (tertiary/aromatic N) is 1. The van der Waals surface area contributed by atoms with Gasteiger partial charge in [-0.3, -0.25) is 15.6 Å². The molecule has 3 atom stereocenters. The molecule has 1 amide bonds. The highest BCUT2D eigenvalue weighted by Gasteiger charge is 2.27. The van der Waals surface area contributed by atoms with Gasteiger partial charge in [0.05, 0.1) is 5.69 Å². The molecule has 2 heterocycles. The molecule has 8 heteroatoms. The van der Waals surface area contributed by atoms with Gasteiger partial charge in [0.15, 0.2) is 5.11 Å². The fourth-order valence-electron chi connectivity index (χ4n) is 3.28. The quantitative estimate of drug-likeness (QED) is 0.527. The van der Waals surface area contributed by atoms with Gasteiger partial charge < -0.3 is 5.32 Å². The minimum Gasteiger partial charge on any atom is -0.358 e. The van der Waals surface area contributed by atoms with Crippen LogP contribution in [0.5, 0.6) is 0 Å². The summed E-state index contributed by atoms with van der Waals surface area (Å²) in [6, 6.07) is 2.36. The van der Waals surface area contributed by atoms with Crippen molar-refractivity contribution in [2.45, 2.75) is 46.1 Å². The van der Waals surface area contributed by atoms with E-state index >= 15 is 0 Å². The van der Waals surface area contributed by atoms with Gasteiger partial charge in [-0.25, -0.2) is 4.98 Å². The second-order valence-electron chi connectivity index (χ2n) is 6.87. The van der Waals surface area contributed by atoms with Crippen LogP contribution in [0, 0.1) is 18.8 Å². The Morgan fingerprint density at radius 2 is 2.12 bits per heavy atom. The maximum Gasteiger partial charge on any atom is 0.281 e. The Bertz CT molecular complexity index is 772. The van der Waals surface area contributed by atoms with Gasteiger partial charge >= 0.3 is 0 Å². The summed E-state index contributed by atoms with van der Waals surface area (Å²) in [7, 11) is 0. The first-order valence-electron chi connectivity index (χ1n) is 8.82. The van der Waals surface area contributed by atoms with Crippen LogP contribution in [0.15, 0.2) is 16.8 Å². The number of thiocarbonyl (C=S) groups is 1. The van der Waals surface area contributed by atoms with Crippen LogP contribution in [0.1, 0.15) is 48.5 Å². The van der Waals surface area contributed by atoms with Crippen molar-refractivity contribution in [1.82, 2.24) is 21.2 Å². The molecular formula is C18H24N4OS3. The average Bonchev–Trinajstić information content (AvgIpc) is 3.26. The number of aryl methyl sites for hydroxylation is 1. The van der Waals surface area contributed by atoms with Gasteiger partial charge in [-0.1, -0.05) is 26.7 Å². The Morgan fingerprint density at radius 1 is 1.31 bits per heavy atom. The third kappa shape index (κ3) is 4.42. The molecule has 0 aromatic carbocycles. The van der Waals surface area contributed by atoms with E-state index in [1.807, 2.05) is 23.8 Å². The molecule has 0 spiro atoms. The van der Waals surface area contributed by atoms with Crippen LogP contribution in [0.4, 0.5) is 0 Å². The lowest BCUT2D eigenvalue weighted by atomic mass is 9.78. The standard InChI is InChI=1S/C18H24N4OS3/c1-10-5-4-6-14(11(10)2)20-18(24)22-21-16(23)15-12(3)19-17(26-15)13-7-8-25-9-13/h7-11,14H,4-6H2,1-3H3,(H,21,23)(H2,20,22,24)/t10-,11+,14-/m1/s1. The molecule has 3 rings (SSSR count). The molecule has 140 valence electrons. The van der Waals surface area contributed by atoms with Gasteiger partial charge in [-0.2, -0.15) is 11.3 Å². The number of aromatic nitrogens is 1. The summed E-state index contributed by atoms with van der Waals surface area (Å²) in [4.78, 5) is 17.6. The van der Waals surface area contributed by atoms with Crippen molar-refractivity contribution in [3.05, 3.63) is 27.4 Å². The molecule has 0 unspecified atom stereocenters. The Hall–Kier alpha value is -1.51. The first kappa shape index (κ1) is 19.3. The van der Waals surface area contributed by atoms with Crippen molar-refractivity contribution < 1.29 is 4.79 Å². The van der Waals surface area contributed by atoms with Gasteiger partial charge in [0.25, 0.3) is 5.91 Å². The fourth-order valence-corrected chi connectivity index (χ4v) is 5.15. The number of hydrazine groups is 1. The zero-order valence-electron chi connectivity index (χ0n) is 15.2. The summed E-state index contributed by atoms with van der Waals surface area (Å²) in [5.41, 5.74) is 7.31. The van der Waals surface area contributed by atoms with E-state index in [0.717, 1.165) is 22.7 Å². The Balaban J connectivity index is 1.55. The summed E-state index contributed by atoms with van der Waals surface area (Å²) in [6.07, 6.45) is 3.59. The van der Waals surface area contributed by atoms with E-state index in [0.29, 0.717) is 27.9 Å². The van der Waals surface area contributed by atoms with Crippen molar-refractivity contribution in [2.24, 2.45) is 11.8 Å². The predicted octanol–water partition coefficient (Wildman–Crippen LogP) is 4.11. The highest BCUT2D eigenvalue weighted by molar-refractivity contribution is 7.80. The molecule has 26 heavy (non-hydrogen) atoms. The molecule has 5 nitrogen and oxygen atoms in total. The second-order valence-corrected chi connectivity index (χ2v) is 9.06. The molecule has 2 aromatic heterocycles. The maximum atomic E-state index is 12.5. The molecule has 0 radical (unpaired) electrons. The SMILES string of the molecule is Cc1nc(-c2ccsc2)sc1C(=O)NNC(=S)N[C@@H]1CCC[C@@H](C)[C@@H]1C. The number of thiazole rings is 1. The van der Waals surface area contributed by atoms with Crippen molar-refractivity contribution in [2.75, 3.05) is 0 Å².